The van der Waals surface area contributed by atoms with Crippen LogP contribution < -0.4 is 5.73 Å². The second kappa shape index (κ2) is 4.61. The molecule has 0 radical (unpaired) electrons. The predicted molar refractivity (Wildman–Crippen MR) is 56.7 cm³/mol. The zero-order valence-electron chi connectivity index (χ0n) is 9.04. The van der Waals surface area contributed by atoms with Crippen molar-refractivity contribution >= 4 is 5.97 Å². The fourth-order valence-corrected chi connectivity index (χ4v) is 1.58. The first kappa shape index (κ1) is 11.1. The van der Waals surface area contributed by atoms with Crippen LogP contribution >= 0.6 is 0 Å². The van der Waals surface area contributed by atoms with Gasteiger partial charge in [-0.3, -0.25) is 9.48 Å². The fraction of sp³-hybridized carbons (Fsp3) is 0.700. The molecule has 0 aromatic carbocycles. The lowest BCUT2D eigenvalue weighted by Crippen LogP contribution is -2.32. The lowest BCUT2D eigenvalue weighted by Gasteiger charge is -2.01. The van der Waals surface area contributed by atoms with Crippen LogP contribution in [0, 0.1) is 5.92 Å². The molecule has 6 nitrogen and oxygen atoms in total. The summed E-state index contributed by atoms with van der Waals surface area (Å²) in [6.07, 6.45) is 5.80. The van der Waals surface area contributed by atoms with Gasteiger partial charge in [-0.05, 0) is 12.3 Å². The summed E-state index contributed by atoms with van der Waals surface area (Å²) in [5, 5.41) is 16.5. The lowest BCUT2D eigenvalue weighted by molar-refractivity contribution is -0.138. The smallest absolute Gasteiger partial charge is 0.320 e. The third-order valence-electron chi connectivity index (χ3n) is 2.80. The highest BCUT2D eigenvalue weighted by atomic mass is 16.4. The van der Waals surface area contributed by atoms with Crippen LogP contribution in [0.25, 0.3) is 0 Å². The lowest BCUT2D eigenvalue weighted by atomic mass is 10.2. The van der Waals surface area contributed by atoms with Crippen LogP contribution in [0.5, 0.6) is 0 Å². The second-order valence-electron chi connectivity index (χ2n) is 4.35. The molecule has 1 saturated carbocycles. The topological polar surface area (TPSA) is 94.0 Å². The zero-order valence-corrected chi connectivity index (χ0v) is 9.04. The molecule has 0 aliphatic heterocycles. The standard InChI is InChI=1S/C10H16N4O2/c11-9(10(15)16)5-8-6-14(13-12-8)4-3-7-1-2-7/h6-7,9H,1-5,11H2,(H,15,16). The Kier molecular flexibility index (Phi) is 3.19. The van der Waals surface area contributed by atoms with Gasteiger partial charge in [0.1, 0.15) is 6.04 Å². The fourth-order valence-electron chi connectivity index (χ4n) is 1.58. The van der Waals surface area contributed by atoms with E-state index in [1.165, 1.54) is 12.8 Å². The highest BCUT2D eigenvalue weighted by molar-refractivity contribution is 5.73. The quantitative estimate of drug-likeness (QED) is 0.711. The Bertz CT molecular complexity index is 373. The summed E-state index contributed by atoms with van der Waals surface area (Å²) < 4.78 is 1.77. The molecular formula is C10H16N4O2. The van der Waals surface area contributed by atoms with Gasteiger partial charge in [0.25, 0.3) is 0 Å². The molecule has 88 valence electrons. The number of aryl methyl sites for hydroxylation is 1. The Hall–Kier alpha value is -1.43. The molecule has 1 aromatic heterocycles. The number of aliphatic carboxylic acids is 1. The van der Waals surface area contributed by atoms with Crippen LogP contribution in [-0.2, 0) is 17.8 Å². The number of rotatable bonds is 6. The zero-order chi connectivity index (χ0) is 11.5. The number of nitrogens with zero attached hydrogens (tertiary/aromatic N) is 3. The maximum atomic E-state index is 10.6. The van der Waals surface area contributed by atoms with Gasteiger partial charge < -0.3 is 10.8 Å². The highest BCUT2D eigenvalue weighted by Gasteiger charge is 2.21. The molecule has 0 amide bonds. The second-order valence-corrected chi connectivity index (χ2v) is 4.35. The van der Waals surface area contributed by atoms with Crippen molar-refractivity contribution in [2.24, 2.45) is 11.7 Å². The van der Waals surface area contributed by atoms with Crippen molar-refractivity contribution in [3.8, 4) is 0 Å². The van der Waals surface area contributed by atoms with Crippen molar-refractivity contribution < 1.29 is 9.90 Å². The Morgan fingerprint density at radius 2 is 2.44 bits per heavy atom. The van der Waals surface area contributed by atoms with Crippen molar-refractivity contribution in [2.45, 2.75) is 38.3 Å². The van der Waals surface area contributed by atoms with Crippen LogP contribution in [0.3, 0.4) is 0 Å². The summed E-state index contributed by atoms with van der Waals surface area (Å²) in [5.74, 6) is -0.151. The van der Waals surface area contributed by atoms with E-state index in [4.69, 9.17) is 10.8 Å². The largest absolute Gasteiger partial charge is 0.480 e. The number of hydrogen-bond acceptors (Lipinski definition) is 4. The van der Waals surface area contributed by atoms with Gasteiger partial charge >= 0.3 is 5.97 Å². The molecule has 0 bridgehead atoms. The van der Waals surface area contributed by atoms with E-state index in [0.29, 0.717) is 5.69 Å². The number of aromatic nitrogens is 3. The molecule has 16 heavy (non-hydrogen) atoms. The molecule has 3 N–H and O–H groups in total. The van der Waals surface area contributed by atoms with Crippen molar-refractivity contribution in [3.63, 3.8) is 0 Å². The molecule has 0 saturated heterocycles. The number of carboxylic acids is 1. The SMILES string of the molecule is NC(Cc1cn(CCC2CC2)nn1)C(=O)O. The van der Waals surface area contributed by atoms with E-state index in [0.717, 1.165) is 18.9 Å². The molecule has 0 spiro atoms. The Balaban J connectivity index is 1.83. The first-order valence-electron chi connectivity index (χ1n) is 5.52. The third-order valence-corrected chi connectivity index (χ3v) is 2.80. The van der Waals surface area contributed by atoms with E-state index in [1.807, 2.05) is 0 Å². The van der Waals surface area contributed by atoms with Crippen molar-refractivity contribution in [2.75, 3.05) is 0 Å². The Labute approximate surface area is 93.4 Å². The van der Waals surface area contributed by atoms with Crippen molar-refractivity contribution in [1.82, 2.24) is 15.0 Å². The average Bonchev–Trinajstić information content (AvgIpc) is 2.97. The van der Waals surface area contributed by atoms with E-state index in [9.17, 15) is 4.79 Å². The van der Waals surface area contributed by atoms with Gasteiger partial charge in [-0.1, -0.05) is 18.1 Å². The minimum atomic E-state index is -1.01. The van der Waals surface area contributed by atoms with Crippen LogP contribution in [0.2, 0.25) is 0 Å². The molecule has 1 aliphatic rings. The van der Waals surface area contributed by atoms with E-state index >= 15 is 0 Å². The minimum Gasteiger partial charge on any atom is -0.480 e. The van der Waals surface area contributed by atoms with Gasteiger partial charge in [-0.25, -0.2) is 0 Å². The van der Waals surface area contributed by atoms with E-state index in [1.54, 1.807) is 10.9 Å². The molecule has 6 heteroatoms. The van der Waals surface area contributed by atoms with Crippen molar-refractivity contribution in [1.29, 1.82) is 0 Å². The first-order valence-corrected chi connectivity index (χ1v) is 5.52. The normalized spacial score (nSPS) is 17.3. The molecule has 1 aromatic rings. The predicted octanol–water partition coefficient (Wildman–Crippen LogP) is 0.0326. The summed E-state index contributed by atoms with van der Waals surface area (Å²) in [6, 6.07) is -0.895. The Morgan fingerprint density at radius 1 is 1.69 bits per heavy atom. The average molecular weight is 224 g/mol. The summed E-state index contributed by atoms with van der Waals surface area (Å²) in [7, 11) is 0. The molecular weight excluding hydrogens is 208 g/mol. The molecule has 1 aliphatic carbocycles. The van der Waals surface area contributed by atoms with Crippen LogP contribution in [0.4, 0.5) is 0 Å². The van der Waals surface area contributed by atoms with Crippen molar-refractivity contribution in [3.05, 3.63) is 11.9 Å². The molecule has 1 atom stereocenters. The highest BCUT2D eigenvalue weighted by Crippen LogP contribution is 2.32. The van der Waals surface area contributed by atoms with Crippen LogP contribution in [0.15, 0.2) is 6.20 Å². The Morgan fingerprint density at radius 3 is 3.06 bits per heavy atom. The van der Waals surface area contributed by atoms with Crippen LogP contribution in [0.1, 0.15) is 25.0 Å². The van der Waals surface area contributed by atoms with E-state index in [-0.39, 0.29) is 6.42 Å². The van der Waals surface area contributed by atoms with E-state index in [2.05, 4.69) is 10.3 Å². The monoisotopic (exact) mass is 224 g/mol. The molecule has 1 fully saturated rings. The minimum absolute atomic E-state index is 0.235. The van der Waals surface area contributed by atoms with Gasteiger partial charge in [-0.15, -0.1) is 5.10 Å². The van der Waals surface area contributed by atoms with Gasteiger partial charge in [0.2, 0.25) is 0 Å². The number of carboxylic acid groups (broad SMARTS) is 1. The van der Waals surface area contributed by atoms with Gasteiger partial charge in [0.05, 0.1) is 5.69 Å². The summed E-state index contributed by atoms with van der Waals surface area (Å²) in [4.78, 5) is 10.6. The molecule has 1 unspecified atom stereocenters. The molecule has 2 rings (SSSR count). The van der Waals surface area contributed by atoms with Crippen LogP contribution in [-0.4, -0.2) is 32.1 Å². The van der Waals surface area contributed by atoms with E-state index < -0.39 is 12.0 Å². The number of hydrogen-bond donors (Lipinski definition) is 2. The number of nitrogens with two attached hydrogens (primary N) is 1. The van der Waals surface area contributed by atoms with Gasteiger partial charge in [0.15, 0.2) is 0 Å². The van der Waals surface area contributed by atoms with Gasteiger partial charge in [-0.2, -0.15) is 0 Å². The first-order chi connectivity index (χ1) is 7.65. The number of carbonyl (C=O) groups is 1. The maximum absolute atomic E-state index is 10.6. The summed E-state index contributed by atoms with van der Waals surface area (Å²) in [6.45, 7) is 0.861. The third kappa shape index (κ3) is 3.03. The summed E-state index contributed by atoms with van der Waals surface area (Å²) in [5.41, 5.74) is 6.06. The summed E-state index contributed by atoms with van der Waals surface area (Å²) >= 11 is 0. The van der Waals surface area contributed by atoms with Gasteiger partial charge in [0, 0.05) is 19.2 Å². The molecule has 1 heterocycles. The maximum Gasteiger partial charge on any atom is 0.320 e.